The van der Waals surface area contributed by atoms with Crippen molar-refractivity contribution in [3.05, 3.63) is 65.2 Å². The van der Waals surface area contributed by atoms with Crippen molar-refractivity contribution in [1.82, 2.24) is 10.2 Å². The van der Waals surface area contributed by atoms with Crippen LogP contribution in [0.2, 0.25) is 0 Å². The zero-order valence-electron chi connectivity index (χ0n) is 15.7. The second-order valence-electron chi connectivity index (χ2n) is 7.19. The van der Waals surface area contributed by atoms with Gasteiger partial charge in [0.25, 0.3) is 5.91 Å². The highest BCUT2D eigenvalue weighted by atomic mass is 16.5. The molecule has 28 heavy (non-hydrogen) atoms. The molecule has 144 valence electrons. The summed E-state index contributed by atoms with van der Waals surface area (Å²) < 4.78 is 5.46. The van der Waals surface area contributed by atoms with Crippen LogP contribution in [-0.4, -0.2) is 35.8 Å². The van der Waals surface area contributed by atoms with Crippen LogP contribution in [-0.2, 0) is 16.8 Å². The molecule has 1 saturated heterocycles. The van der Waals surface area contributed by atoms with Crippen molar-refractivity contribution in [2.45, 2.75) is 31.7 Å². The second-order valence-corrected chi connectivity index (χ2v) is 7.19. The van der Waals surface area contributed by atoms with Gasteiger partial charge in [-0.1, -0.05) is 43.7 Å². The fourth-order valence-electron chi connectivity index (χ4n) is 3.97. The second kappa shape index (κ2) is 7.11. The average Bonchev–Trinajstić information content (AvgIpc) is 3.27. The molecular formula is C22H22N2O4. The smallest absolute Gasteiger partial charge is 0.325 e. The summed E-state index contributed by atoms with van der Waals surface area (Å²) in [5, 5.41) is 2.85. The number of hydrogen-bond donors (Lipinski definition) is 1. The Morgan fingerprint density at radius 2 is 1.96 bits per heavy atom. The minimum atomic E-state index is -1.11. The number of urea groups is 1. The highest BCUT2D eigenvalue weighted by Crippen LogP contribution is 2.34. The van der Waals surface area contributed by atoms with Crippen molar-refractivity contribution in [3.63, 3.8) is 0 Å². The van der Waals surface area contributed by atoms with Crippen LogP contribution in [0.5, 0.6) is 5.75 Å². The molecule has 2 aliphatic rings. The van der Waals surface area contributed by atoms with Crippen LogP contribution in [0.25, 0.3) is 0 Å². The standard InChI is InChI=1S/C22H22N2O4/c1-2-11-22(17-6-4-3-5-7-17)20(26)24(21(27)23-22)14-18(25)15-8-9-19-16(13-15)10-12-28-19/h3-9,13H,2,10-12,14H2,1H3,(H,23,27). The summed E-state index contributed by atoms with van der Waals surface area (Å²) in [6, 6.07) is 13.9. The van der Waals surface area contributed by atoms with E-state index < -0.39 is 11.6 Å². The van der Waals surface area contributed by atoms with Gasteiger partial charge in [0.2, 0.25) is 0 Å². The molecule has 0 aliphatic carbocycles. The molecule has 2 heterocycles. The first-order valence-electron chi connectivity index (χ1n) is 9.54. The lowest BCUT2D eigenvalue weighted by Gasteiger charge is -2.26. The van der Waals surface area contributed by atoms with Gasteiger partial charge in [-0.25, -0.2) is 4.79 Å². The summed E-state index contributed by atoms with van der Waals surface area (Å²) >= 11 is 0. The minimum Gasteiger partial charge on any atom is -0.493 e. The fourth-order valence-corrected chi connectivity index (χ4v) is 3.97. The Bertz CT molecular complexity index is 941. The average molecular weight is 378 g/mol. The Hall–Kier alpha value is -3.15. The van der Waals surface area contributed by atoms with Crippen LogP contribution < -0.4 is 10.1 Å². The number of rotatable bonds is 6. The van der Waals surface area contributed by atoms with Crippen LogP contribution in [0.3, 0.4) is 0 Å². The number of ketones is 1. The molecule has 1 fully saturated rings. The number of benzene rings is 2. The van der Waals surface area contributed by atoms with Gasteiger partial charge < -0.3 is 10.1 Å². The topological polar surface area (TPSA) is 75.7 Å². The van der Waals surface area contributed by atoms with E-state index in [2.05, 4.69) is 5.32 Å². The van der Waals surface area contributed by atoms with Crippen LogP contribution in [0.1, 0.15) is 41.3 Å². The molecule has 2 aromatic rings. The Morgan fingerprint density at radius 3 is 2.71 bits per heavy atom. The number of carbonyl (C=O) groups excluding carboxylic acids is 3. The molecule has 6 heteroatoms. The zero-order valence-corrected chi connectivity index (χ0v) is 15.7. The normalized spacial score (nSPS) is 20.7. The fraction of sp³-hybridized carbons (Fsp3) is 0.318. The van der Waals surface area contributed by atoms with Crippen LogP contribution >= 0.6 is 0 Å². The minimum absolute atomic E-state index is 0.265. The number of imide groups is 1. The predicted octanol–water partition coefficient (Wildman–Crippen LogP) is 3.05. The first kappa shape index (κ1) is 18.2. The van der Waals surface area contributed by atoms with Gasteiger partial charge in [-0.2, -0.15) is 0 Å². The van der Waals surface area contributed by atoms with Crippen LogP contribution in [0.15, 0.2) is 48.5 Å². The SMILES string of the molecule is CCCC1(c2ccccc2)NC(=O)N(CC(=O)c2ccc3c(c2)CCO3)C1=O. The van der Waals surface area contributed by atoms with E-state index in [0.717, 1.165) is 28.2 Å². The highest BCUT2D eigenvalue weighted by molar-refractivity contribution is 6.11. The lowest BCUT2D eigenvalue weighted by atomic mass is 9.85. The van der Waals surface area contributed by atoms with E-state index in [1.54, 1.807) is 18.2 Å². The number of nitrogens with one attached hydrogen (secondary N) is 1. The van der Waals surface area contributed by atoms with Gasteiger partial charge in [0.15, 0.2) is 5.78 Å². The molecule has 3 amide bonds. The first-order chi connectivity index (χ1) is 13.5. The van der Waals surface area contributed by atoms with E-state index in [9.17, 15) is 14.4 Å². The number of hydrogen-bond acceptors (Lipinski definition) is 4. The number of Topliss-reactive ketones (excluding diaryl/α,β-unsaturated/α-hetero) is 1. The molecule has 0 spiro atoms. The Labute approximate surface area is 163 Å². The van der Waals surface area contributed by atoms with E-state index in [1.807, 2.05) is 37.3 Å². The molecule has 1 N–H and O–H groups in total. The maximum absolute atomic E-state index is 13.3. The number of nitrogens with zero attached hydrogens (tertiary/aromatic N) is 1. The van der Waals surface area contributed by atoms with E-state index in [0.29, 0.717) is 25.0 Å². The van der Waals surface area contributed by atoms with Crippen LogP contribution in [0, 0.1) is 0 Å². The quantitative estimate of drug-likeness (QED) is 0.619. The van der Waals surface area contributed by atoms with Crippen molar-refractivity contribution in [1.29, 1.82) is 0 Å². The van der Waals surface area contributed by atoms with Gasteiger partial charge in [-0.3, -0.25) is 14.5 Å². The van der Waals surface area contributed by atoms with E-state index in [1.165, 1.54) is 0 Å². The van der Waals surface area contributed by atoms with Crippen molar-refractivity contribution in [2.75, 3.05) is 13.2 Å². The molecule has 0 aromatic heterocycles. The van der Waals surface area contributed by atoms with Crippen LogP contribution in [0.4, 0.5) is 4.79 Å². The molecule has 4 rings (SSSR count). The summed E-state index contributed by atoms with van der Waals surface area (Å²) in [6.45, 7) is 2.30. The third-order valence-electron chi connectivity index (χ3n) is 5.38. The van der Waals surface area contributed by atoms with Crippen molar-refractivity contribution >= 4 is 17.7 Å². The number of carbonyl (C=O) groups is 3. The monoisotopic (exact) mass is 378 g/mol. The molecule has 6 nitrogen and oxygen atoms in total. The zero-order chi connectivity index (χ0) is 19.7. The summed E-state index contributed by atoms with van der Waals surface area (Å²) in [5.41, 5.74) is 1.09. The molecular weight excluding hydrogens is 356 g/mol. The van der Waals surface area contributed by atoms with E-state index in [4.69, 9.17) is 4.74 Å². The molecule has 0 bridgehead atoms. The largest absolute Gasteiger partial charge is 0.493 e. The summed E-state index contributed by atoms with van der Waals surface area (Å²) in [6.07, 6.45) is 1.95. The van der Waals surface area contributed by atoms with Gasteiger partial charge in [0, 0.05) is 12.0 Å². The molecule has 1 atom stereocenters. The summed E-state index contributed by atoms with van der Waals surface area (Å²) in [4.78, 5) is 39.7. The molecule has 2 aromatic carbocycles. The Kier molecular flexibility index (Phi) is 4.63. The Morgan fingerprint density at radius 1 is 1.18 bits per heavy atom. The number of fused-ring (bicyclic) bond motifs is 1. The third kappa shape index (κ3) is 2.95. The third-order valence-corrected chi connectivity index (χ3v) is 5.38. The molecule has 0 saturated carbocycles. The molecule has 1 unspecified atom stereocenters. The van der Waals surface area contributed by atoms with E-state index >= 15 is 0 Å². The lowest BCUT2D eigenvalue weighted by molar-refractivity contribution is -0.131. The van der Waals surface area contributed by atoms with Gasteiger partial charge in [0.05, 0.1) is 13.2 Å². The predicted molar refractivity (Wildman–Crippen MR) is 103 cm³/mol. The van der Waals surface area contributed by atoms with Gasteiger partial charge in [-0.05, 0) is 35.7 Å². The summed E-state index contributed by atoms with van der Waals surface area (Å²) in [5.74, 6) is 0.152. The molecule has 0 radical (unpaired) electrons. The lowest BCUT2D eigenvalue weighted by Crippen LogP contribution is -2.44. The van der Waals surface area contributed by atoms with E-state index in [-0.39, 0.29) is 18.2 Å². The number of ether oxygens (including phenoxy) is 1. The van der Waals surface area contributed by atoms with Crippen molar-refractivity contribution in [2.24, 2.45) is 0 Å². The Balaban J connectivity index is 1.59. The van der Waals surface area contributed by atoms with Gasteiger partial charge in [-0.15, -0.1) is 0 Å². The van der Waals surface area contributed by atoms with Crippen molar-refractivity contribution in [3.8, 4) is 5.75 Å². The first-order valence-corrected chi connectivity index (χ1v) is 9.54. The van der Waals surface area contributed by atoms with Gasteiger partial charge >= 0.3 is 6.03 Å². The maximum Gasteiger partial charge on any atom is 0.325 e. The highest BCUT2D eigenvalue weighted by Gasteiger charge is 2.52. The maximum atomic E-state index is 13.3. The van der Waals surface area contributed by atoms with Gasteiger partial charge in [0.1, 0.15) is 11.3 Å². The molecule has 2 aliphatic heterocycles. The number of amides is 3. The van der Waals surface area contributed by atoms with Crippen molar-refractivity contribution < 1.29 is 19.1 Å². The summed E-state index contributed by atoms with van der Waals surface area (Å²) in [7, 11) is 0.